The van der Waals surface area contributed by atoms with E-state index >= 15 is 0 Å². The Labute approximate surface area is 83.9 Å². The Morgan fingerprint density at radius 3 is 2.71 bits per heavy atom. The van der Waals surface area contributed by atoms with E-state index in [4.69, 9.17) is 5.32 Å². The molecule has 0 saturated carbocycles. The van der Waals surface area contributed by atoms with Crippen molar-refractivity contribution in [1.29, 1.82) is 0 Å². The fourth-order valence-corrected chi connectivity index (χ4v) is 2.25. The summed E-state index contributed by atoms with van der Waals surface area (Å²) in [6.45, 7) is 2.13. The van der Waals surface area contributed by atoms with Crippen molar-refractivity contribution in [2.24, 2.45) is 0 Å². The number of nitrogens with zero attached hydrogens (tertiary/aromatic N) is 1. The second kappa shape index (κ2) is 3.26. The maximum Gasteiger partial charge on any atom is 0.0832 e. The van der Waals surface area contributed by atoms with Crippen LogP contribution in [0.2, 0.25) is 0 Å². The average molecular weight is 188 g/mol. The lowest BCUT2D eigenvalue weighted by Gasteiger charge is -2.17. The number of rotatable bonds is 1. The van der Waals surface area contributed by atoms with E-state index < -0.39 is 0 Å². The smallest absolute Gasteiger partial charge is 0.0832 e. The van der Waals surface area contributed by atoms with E-state index in [2.05, 4.69) is 34.9 Å². The lowest BCUT2D eigenvalue weighted by Crippen LogP contribution is -2.45. The van der Waals surface area contributed by atoms with Gasteiger partial charge in [-0.25, -0.2) is 0 Å². The quantitative estimate of drug-likeness (QED) is 0.668. The number of nitrogens with one attached hydrogen (secondary N) is 2. The van der Waals surface area contributed by atoms with Gasteiger partial charge in [-0.05, 0) is 18.1 Å². The van der Waals surface area contributed by atoms with Gasteiger partial charge in [0.15, 0.2) is 0 Å². The summed E-state index contributed by atoms with van der Waals surface area (Å²) < 4.78 is 0. The first-order valence-electron chi connectivity index (χ1n) is 5.19. The number of fused-ring (bicyclic) bond motifs is 1. The first kappa shape index (κ1) is 8.26. The van der Waals surface area contributed by atoms with Gasteiger partial charge in [-0.2, -0.15) is 0 Å². The van der Waals surface area contributed by atoms with E-state index in [9.17, 15) is 0 Å². The summed E-state index contributed by atoms with van der Waals surface area (Å²) in [5.41, 5.74) is 2.56. The van der Waals surface area contributed by atoms with Gasteiger partial charge in [0.1, 0.15) is 0 Å². The van der Waals surface area contributed by atoms with Crippen LogP contribution in [-0.2, 0) is 6.42 Å². The molecule has 73 valence electrons. The Bertz CT molecular complexity index is 306. The van der Waals surface area contributed by atoms with Crippen LogP contribution in [0.3, 0.4) is 0 Å². The van der Waals surface area contributed by atoms with Crippen LogP contribution >= 0.6 is 0 Å². The van der Waals surface area contributed by atoms with E-state index in [1.54, 1.807) is 0 Å². The van der Waals surface area contributed by atoms with Gasteiger partial charge < -0.3 is 0 Å². The summed E-state index contributed by atoms with van der Waals surface area (Å²) in [4.78, 5) is 0. The predicted octanol–water partition coefficient (Wildman–Crippen LogP) is 0.366. The van der Waals surface area contributed by atoms with Crippen molar-refractivity contribution in [3.63, 3.8) is 0 Å². The SMILES string of the molecule is c1ccc2c(c1)CC(C1NCCN1)[N]2. The van der Waals surface area contributed by atoms with Crippen LogP contribution in [-0.4, -0.2) is 25.3 Å². The highest BCUT2D eigenvalue weighted by Gasteiger charge is 2.30. The lowest BCUT2D eigenvalue weighted by molar-refractivity contribution is 0.423. The highest BCUT2D eigenvalue weighted by Crippen LogP contribution is 2.26. The highest BCUT2D eigenvalue weighted by molar-refractivity contribution is 5.49. The lowest BCUT2D eigenvalue weighted by atomic mass is 10.1. The number of hydrogen-bond donors (Lipinski definition) is 2. The maximum atomic E-state index is 4.71. The first-order chi connectivity index (χ1) is 6.93. The van der Waals surface area contributed by atoms with Crippen LogP contribution in [0.1, 0.15) is 5.56 Å². The zero-order valence-electron chi connectivity index (χ0n) is 8.03. The monoisotopic (exact) mass is 188 g/mol. The van der Waals surface area contributed by atoms with Crippen molar-refractivity contribution in [1.82, 2.24) is 16.0 Å². The van der Waals surface area contributed by atoms with Crippen LogP contribution in [0.15, 0.2) is 24.3 Å². The second-order valence-corrected chi connectivity index (χ2v) is 3.92. The second-order valence-electron chi connectivity index (χ2n) is 3.92. The van der Waals surface area contributed by atoms with E-state index in [0.717, 1.165) is 19.5 Å². The molecule has 1 aromatic rings. The van der Waals surface area contributed by atoms with Crippen LogP contribution in [0.4, 0.5) is 5.69 Å². The number of hydrogen-bond acceptors (Lipinski definition) is 2. The average Bonchev–Trinajstić information content (AvgIpc) is 2.86. The molecule has 0 amide bonds. The molecule has 1 atom stereocenters. The molecule has 0 aromatic heterocycles. The molecule has 1 saturated heterocycles. The van der Waals surface area contributed by atoms with Crippen LogP contribution in [0.25, 0.3) is 0 Å². The van der Waals surface area contributed by atoms with Gasteiger partial charge in [0, 0.05) is 13.1 Å². The summed E-state index contributed by atoms with van der Waals surface area (Å²) in [7, 11) is 0. The zero-order chi connectivity index (χ0) is 9.38. The van der Waals surface area contributed by atoms with E-state index in [0.29, 0.717) is 12.2 Å². The van der Waals surface area contributed by atoms with Crippen LogP contribution < -0.4 is 16.0 Å². The summed E-state index contributed by atoms with van der Waals surface area (Å²) in [6.07, 6.45) is 1.45. The van der Waals surface area contributed by atoms with Crippen molar-refractivity contribution in [2.45, 2.75) is 18.6 Å². The molecule has 14 heavy (non-hydrogen) atoms. The molecule has 1 fully saturated rings. The Morgan fingerprint density at radius 1 is 1.14 bits per heavy atom. The Balaban J connectivity index is 1.77. The van der Waals surface area contributed by atoms with Crippen molar-refractivity contribution < 1.29 is 0 Å². The minimum Gasteiger partial charge on any atom is -0.299 e. The van der Waals surface area contributed by atoms with E-state index in [1.807, 2.05) is 0 Å². The van der Waals surface area contributed by atoms with Crippen LogP contribution in [0, 0.1) is 0 Å². The molecule has 3 heteroatoms. The predicted molar refractivity (Wildman–Crippen MR) is 55.5 cm³/mol. The third-order valence-corrected chi connectivity index (χ3v) is 2.96. The van der Waals surface area contributed by atoms with Gasteiger partial charge in [-0.15, -0.1) is 0 Å². The Morgan fingerprint density at radius 2 is 1.93 bits per heavy atom. The normalized spacial score (nSPS) is 26.1. The molecular weight excluding hydrogens is 174 g/mol. The van der Waals surface area contributed by atoms with Gasteiger partial charge in [0.2, 0.25) is 0 Å². The summed E-state index contributed by atoms with van der Waals surface area (Å²) in [5.74, 6) is 0. The summed E-state index contributed by atoms with van der Waals surface area (Å²) in [5, 5.41) is 11.6. The van der Waals surface area contributed by atoms with Gasteiger partial charge in [0.05, 0.1) is 17.9 Å². The fourth-order valence-electron chi connectivity index (χ4n) is 2.25. The van der Waals surface area contributed by atoms with Gasteiger partial charge >= 0.3 is 0 Å². The molecule has 2 heterocycles. The van der Waals surface area contributed by atoms with Gasteiger partial charge in [0.25, 0.3) is 0 Å². The molecule has 1 radical (unpaired) electrons. The maximum absolute atomic E-state index is 4.71. The fraction of sp³-hybridized carbons (Fsp3) is 0.455. The molecular formula is C11H14N3. The Hall–Kier alpha value is -1.06. The zero-order valence-corrected chi connectivity index (χ0v) is 8.03. The summed E-state index contributed by atoms with van der Waals surface area (Å²) >= 11 is 0. The molecule has 1 aromatic carbocycles. The molecule has 2 aliphatic heterocycles. The van der Waals surface area contributed by atoms with E-state index in [-0.39, 0.29) is 0 Å². The first-order valence-corrected chi connectivity index (χ1v) is 5.19. The molecule has 0 aliphatic carbocycles. The molecule has 3 rings (SSSR count). The molecule has 3 nitrogen and oxygen atoms in total. The topological polar surface area (TPSA) is 38.2 Å². The third-order valence-electron chi connectivity index (χ3n) is 2.96. The molecule has 2 N–H and O–H groups in total. The largest absolute Gasteiger partial charge is 0.299 e. The molecule has 2 aliphatic rings. The van der Waals surface area contributed by atoms with Crippen molar-refractivity contribution >= 4 is 5.69 Å². The standard InChI is InChI=1S/C11H14N3/c1-2-4-9-8(3-1)7-10(14-9)11-12-5-6-13-11/h1-4,10-13H,5-7H2. The van der Waals surface area contributed by atoms with Crippen molar-refractivity contribution in [3.8, 4) is 0 Å². The minimum atomic E-state index is 0.377. The van der Waals surface area contributed by atoms with E-state index in [1.165, 1.54) is 11.3 Å². The number of benzene rings is 1. The van der Waals surface area contributed by atoms with Crippen LogP contribution in [0.5, 0.6) is 0 Å². The van der Waals surface area contributed by atoms with Gasteiger partial charge in [-0.3, -0.25) is 16.0 Å². The minimum absolute atomic E-state index is 0.377. The Kier molecular flexibility index (Phi) is 1.92. The third kappa shape index (κ3) is 1.29. The number of para-hydroxylation sites is 1. The highest BCUT2D eigenvalue weighted by atomic mass is 15.2. The molecule has 0 bridgehead atoms. The summed E-state index contributed by atoms with van der Waals surface area (Å²) in [6, 6.07) is 8.81. The van der Waals surface area contributed by atoms with Crippen molar-refractivity contribution in [2.75, 3.05) is 13.1 Å². The molecule has 0 spiro atoms. The van der Waals surface area contributed by atoms with Crippen molar-refractivity contribution in [3.05, 3.63) is 29.8 Å². The van der Waals surface area contributed by atoms with Gasteiger partial charge in [-0.1, -0.05) is 18.2 Å². The molecule has 1 unspecified atom stereocenters.